The van der Waals surface area contributed by atoms with Crippen molar-refractivity contribution in [3.63, 3.8) is 0 Å². The molecule has 36 heavy (non-hydrogen) atoms. The third kappa shape index (κ3) is 5.29. The Bertz CT molecular complexity index is 1360. The van der Waals surface area contributed by atoms with E-state index in [2.05, 4.69) is 59.9 Å². The molecule has 0 saturated carbocycles. The molecular weight excluding hydrogens is 446 g/mol. The predicted octanol–water partition coefficient (Wildman–Crippen LogP) is 6.74. The van der Waals surface area contributed by atoms with Gasteiger partial charge >= 0.3 is 5.97 Å². The summed E-state index contributed by atoms with van der Waals surface area (Å²) in [7, 11) is 0. The van der Waals surface area contributed by atoms with Crippen molar-refractivity contribution < 1.29 is 14.6 Å². The van der Waals surface area contributed by atoms with Crippen LogP contribution >= 0.6 is 0 Å². The maximum Gasteiger partial charge on any atom is 0.335 e. The Morgan fingerprint density at radius 2 is 1.78 bits per heavy atom. The number of fused-ring (bicyclic) bond motifs is 2. The minimum atomic E-state index is -0.878. The van der Waals surface area contributed by atoms with Gasteiger partial charge in [0.2, 0.25) is 0 Å². The molecule has 0 radical (unpaired) electrons. The fourth-order valence-corrected chi connectivity index (χ4v) is 5.44. The molecule has 1 heterocycles. The Kier molecular flexibility index (Phi) is 7.33. The van der Waals surface area contributed by atoms with Crippen LogP contribution in [0.4, 0.5) is 0 Å². The van der Waals surface area contributed by atoms with Gasteiger partial charge in [0.25, 0.3) is 0 Å². The first-order valence-electron chi connectivity index (χ1n) is 12.9. The lowest BCUT2D eigenvalue weighted by molar-refractivity contribution is 0.0696. The molecule has 4 aromatic carbocycles. The molecule has 2 N–H and O–H groups in total. The number of ether oxygens (including phenoxy) is 1. The fraction of sp³-hybridized carbons (Fsp3) is 0.281. The maximum atomic E-state index is 11.5. The first-order valence-corrected chi connectivity index (χ1v) is 12.9. The molecule has 0 aliphatic carbocycles. The van der Waals surface area contributed by atoms with Crippen molar-refractivity contribution >= 4 is 16.7 Å². The number of benzene rings is 4. The number of rotatable bonds is 9. The van der Waals surface area contributed by atoms with Crippen LogP contribution in [0.25, 0.3) is 10.8 Å². The van der Waals surface area contributed by atoms with Crippen LogP contribution in [-0.2, 0) is 6.42 Å². The van der Waals surface area contributed by atoms with E-state index in [-0.39, 0.29) is 12.0 Å². The minimum Gasteiger partial charge on any atom is -0.490 e. The predicted molar refractivity (Wildman–Crippen MR) is 145 cm³/mol. The fourth-order valence-electron chi connectivity index (χ4n) is 5.44. The molecule has 0 bridgehead atoms. The summed E-state index contributed by atoms with van der Waals surface area (Å²) in [4.78, 5) is 11.5. The zero-order valence-corrected chi connectivity index (χ0v) is 20.7. The Labute approximate surface area is 212 Å². The molecule has 1 aliphatic rings. The SMILES string of the molecule is Cc1cc(C2CC(CCCNCCc3cccc4ccccc34)Oc3ccccc32)ccc1C(=O)O. The van der Waals surface area contributed by atoms with E-state index in [9.17, 15) is 9.90 Å². The summed E-state index contributed by atoms with van der Waals surface area (Å²) in [6, 6.07) is 29.1. The third-order valence-electron chi connectivity index (χ3n) is 7.30. The van der Waals surface area contributed by atoms with E-state index in [0.29, 0.717) is 5.56 Å². The number of carboxylic acid groups (broad SMARTS) is 1. The summed E-state index contributed by atoms with van der Waals surface area (Å²) in [5.74, 6) is 0.278. The summed E-state index contributed by atoms with van der Waals surface area (Å²) in [5.41, 5.74) is 4.90. The molecule has 4 aromatic rings. The van der Waals surface area contributed by atoms with Crippen molar-refractivity contribution in [3.8, 4) is 5.75 Å². The lowest BCUT2D eigenvalue weighted by atomic mass is 9.82. The highest BCUT2D eigenvalue weighted by Crippen LogP contribution is 2.41. The lowest BCUT2D eigenvalue weighted by Gasteiger charge is -2.33. The van der Waals surface area contributed by atoms with Crippen LogP contribution in [0.5, 0.6) is 5.75 Å². The van der Waals surface area contributed by atoms with Gasteiger partial charge in [-0.1, -0.05) is 72.8 Å². The number of aryl methyl sites for hydroxylation is 1. The molecule has 0 fully saturated rings. The second-order valence-corrected chi connectivity index (χ2v) is 9.73. The van der Waals surface area contributed by atoms with Gasteiger partial charge < -0.3 is 15.2 Å². The van der Waals surface area contributed by atoms with E-state index in [4.69, 9.17) is 4.74 Å². The molecule has 1 aliphatic heterocycles. The summed E-state index contributed by atoms with van der Waals surface area (Å²) >= 11 is 0. The first kappa shape index (κ1) is 24.1. The topological polar surface area (TPSA) is 58.6 Å². The van der Waals surface area contributed by atoms with Crippen molar-refractivity contribution in [2.75, 3.05) is 13.1 Å². The Morgan fingerprint density at radius 1 is 0.972 bits per heavy atom. The smallest absolute Gasteiger partial charge is 0.335 e. The average Bonchev–Trinajstić information content (AvgIpc) is 2.90. The quantitative estimate of drug-likeness (QED) is 0.261. The highest BCUT2D eigenvalue weighted by Gasteiger charge is 2.29. The summed E-state index contributed by atoms with van der Waals surface area (Å²) in [5, 5.41) is 15.7. The highest BCUT2D eigenvalue weighted by molar-refractivity contribution is 5.89. The van der Waals surface area contributed by atoms with Crippen LogP contribution in [-0.4, -0.2) is 30.3 Å². The van der Waals surface area contributed by atoms with Crippen molar-refractivity contribution in [2.24, 2.45) is 0 Å². The van der Waals surface area contributed by atoms with E-state index in [1.165, 1.54) is 21.9 Å². The zero-order chi connectivity index (χ0) is 24.9. The van der Waals surface area contributed by atoms with E-state index in [1.807, 2.05) is 31.2 Å². The number of para-hydroxylation sites is 1. The second-order valence-electron chi connectivity index (χ2n) is 9.73. The monoisotopic (exact) mass is 479 g/mol. The molecule has 4 nitrogen and oxygen atoms in total. The van der Waals surface area contributed by atoms with Gasteiger partial charge in [0.1, 0.15) is 5.75 Å². The molecule has 0 amide bonds. The van der Waals surface area contributed by atoms with Crippen molar-refractivity contribution in [1.29, 1.82) is 0 Å². The summed E-state index contributed by atoms with van der Waals surface area (Å²) < 4.78 is 6.38. The molecule has 2 atom stereocenters. The van der Waals surface area contributed by atoms with Crippen LogP contribution in [0.15, 0.2) is 84.9 Å². The largest absolute Gasteiger partial charge is 0.490 e. The van der Waals surface area contributed by atoms with Gasteiger partial charge in [-0.25, -0.2) is 4.79 Å². The molecule has 4 heteroatoms. The van der Waals surface area contributed by atoms with Crippen molar-refractivity contribution in [2.45, 2.75) is 44.6 Å². The Morgan fingerprint density at radius 3 is 2.64 bits per heavy atom. The third-order valence-corrected chi connectivity index (χ3v) is 7.30. The number of carbonyl (C=O) groups is 1. The van der Waals surface area contributed by atoms with Gasteiger partial charge in [-0.05, 0) is 85.3 Å². The zero-order valence-electron chi connectivity index (χ0n) is 20.7. The molecule has 0 saturated heterocycles. The number of carboxylic acids is 1. The van der Waals surface area contributed by atoms with Gasteiger partial charge in [0.05, 0.1) is 11.7 Å². The van der Waals surface area contributed by atoms with Gasteiger partial charge in [0.15, 0.2) is 0 Å². The van der Waals surface area contributed by atoms with E-state index >= 15 is 0 Å². The molecule has 0 aromatic heterocycles. The van der Waals surface area contributed by atoms with Gasteiger partial charge in [-0.2, -0.15) is 0 Å². The summed E-state index contributed by atoms with van der Waals surface area (Å²) in [6.07, 6.45) is 4.09. The van der Waals surface area contributed by atoms with Crippen LogP contribution < -0.4 is 10.1 Å². The average molecular weight is 480 g/mol. The van der Waals surface area contributed by atoms with Gasteiger partial charge in [-0.15, -0.1) is 0 Å². The second kappa shape index (κ2) is 11.0. The molecule has 184 valence electrons. The van der Waals surface area contributed by atoms with Crippen molar-refractivity contribution in [1.82, 2.24) is 5.32 Å². The highest BCUT2D eigenvalue weighted by atomic mass is 16.5. The number of hydrogen-bond donors (Lipinski definition) is 2. The van der Waals surface area contributed by atoms with Crippen LogP contribution in [0, 0.1) is 6.92 Å². The van der Waals surface area contributed by atoms with E-state index in [0.717, 1.165) is 55.6 Å². The maximum absolute atomic E-state index is 11.5. The lowest BCUT2D eigenvalue weighted by Crippen LogP contribution is -2.28. The number of nitrogens with one attached hydrogen (secondary N) is 1. The molecule has 0 spiro atoms. The summed E-state index contributed by atoms with van der Waals surface area (Å²) in [6.45, 7) is 3.79. The van der Waals surface area contributed by atoms with Crippen LogP contribution in [0.1, 0.15) is 57.8 Å². The number of hydrogen-bond acceptors (Lipinski definition) is 3. The van der Waals surface area contributed by atoms with E-state index < -0.39 is 5.97 Å². The first-order chi connectivity index (χ1) is 17.6. The Hall–Kier alpha value is -3.63. The standard InChI is InChI=1S/C32H33NO3/c1-22-20-25(15-16-27(22)32(34)35)30-21-26(36-31-14-5-4-13-29(30)31)11-7-18-33-19-17-24-10-6-9-23-8-2-3-12-28(23)24/h2-6,8-10,12-16,20,26,30,33H,7,11,17-19,21H2,1H3,(H,34,35). The minimum absolute atomic E-state index is 0.143. The van der Waals surface area contributed by atoms with E-state index in [1.54, 1.807) is 6.07 Å². The Balaban J connectivity index is 1.17. The van der Waals surface area contributed by atoms with Crippen LogP contribution in [0.3, 0.4) is 0 Å². The van der Waals surface area contributed by atoms with Crippen molar-refractivity contribution in [3.05, 3.63) is 113 Å². The normalized spacial score (nSPS) is 16.9. The van der Waals surface area contributed by atoms with Crippen LogP contribution in [0.2, 0.25) is 0 Å². The molecule has 2 unspecified atom stereocenters. The molecule has 5 rings (SSSR count). The molecular formula is C32H33NO3. The van der Waals surface area contributed by atoms with Gasteiger partial charge in [0, 0.05) is 11.5 Å². The van der Waals surface area contributed by atoms with Gasteiger partial charge in [-0.3, -0.25) is 0 Å². The number of aromatic carboxylic acids is 1.